The lowest BCUT2D eigenvalue weighted by Gasteiger charge is -2.34. The van der Waals surface area contributed by atoms with Gasteiger partial charge in [0, 0.05) is 49.4 Å². The molecule has 2 amide bonds. The first-order chi connectivity index (χ1) is 15.2. The van der Waals surface area contributed by atoms with E-state index < -0.39 is 26.6 Å². The SMILES string of the molecule is CC1CC1C(=O)Nc1cccc(C(=O)N2CCN(S(=O)(=O)c3ccc(F)cc3F)CC2)c1. The number of sulfonamides is 1. The highest BCUT2D eigenvalue weighted by molar-refractivity contribution is 7.89. The quantitative estimate of drug-likeness (QED) is 0.739. The van der Waals surface area contributed by atoms with E-state index in [-0.39, 0.29) is 43.9 Å². The normalized spacial score (nSPS) is 21.3. The molecule has 2 fully saturated rings. The van der Waals surface area contributed by atoms with Gasteiger partial charge in [-0.1, -0.05) is 13.0 Å². The summed E-state index contributed by atoms with van der Waals surface area (Å²) in [4.78, 5) is 26.0. The second-order valence-corrected chi connectivity index (χ2v) is 10.1. The van der Waals surface area contributed by atoms with E-state index in [9.17, 15) is 26.8 Å². The maximum absolute atomic E-state index is 14.0. The number of hydrogen-bond donors (Lipinski definition) is 1. The number of nitrogens with one attached hydrogen (secondary N) is 1. The number of anilines is 1. The first-order valence-corrected chi connectivity index (χ1v) is 11.8. The molecule has 170 valence electrons. The van der Waals surface area contributed by atoms with Gasteiger partial charge in [0.25, 0.3) is 5.91 Å². The largest absolute Gasteiger partial charge is 0.336 e. The number of carbonyl (C=O) groups excluding carboxylic acids is 2. The van der Waals surface area contributed by atoms with E-state index in [1.54, 1.807) is 24.3 Å². The molecular formula is C22H23F2N3O4S. The van der Waals surface area contributed by atoms with Crippen molar-refractivity contribution in [2.75, 3.05) is 31.5 Å². The van der Waals surface area contributed by atoms with Crippen molar-refractivity contribution in [3.05, 3.63) is 59.7 Å². The zero-order valence-corrected chi connectivity index (χ0v) is 18.2. The summed E-state index contributed by atoms with van der Waals surface area (Å²) >= 11 is 0. The maximum atomic E-state index is 14.0. The van der Waals surface area contributed by atoms with Crippen molar-refractivity contribution in [2.24, 2.45) is 11.8 Å². The molecule has 1 N–H and O–H groups in total. The van der Waals surface area contributed by atoms with Crippen molar-refractivity contribution in [2.45, 2.75) is 18.2 Å². The zero-order chi connectivity index (χ0) is 23.0. The van der Waals surface area contributed by atoms with Crippen molar-refractivity contribution < 1.29 is 26.8 Å². The summed E-state index contributed by atoms with van der Waals surface area (Å²) < 4.78 is 53.6. The van der Waals surface area contributed by atoms with Gasteiger partial charge >= 0.3 is 0 Å². The van der Waals surface area contributed by atoms with Crippen LogP contribution in [-0.2, 0) is 14.8 Å². The molecule has 1 heterocycles. The molecule has 32 heavy (non-hydrogen) atoms. The number of carbonyl (C=O) groups is 2. The molecule has 7 nitrogen and oxygen atoms in total. The topological polar surface area (TPSA) is 86.8 Å². The fraction of sp³-hybridized carbons (Fsp3) is 0.364. The Hall–Kier alpha value is -2.85. The van der Waals surface area contributed by atoms with E-state index in [4.69, 9.17) is 0 Å². The Bertz CT molecular complexity index is 1160. The van der Waals surface area contributed by atoms with Gasteiger partial charge in [-0.05, 0) is 42.7 Å². The summed E-state index contributed by atoms with van der Waals surface area (Å²) in [6.45, 7) is 2.23. The maximum Gasteiger partial charge on any atom is 0.254 e. The number of halogens is 2. The van der Waals surface area contributed by atoms with Gasteiger partial charge in [0.05, 0.1) is 0 Å². The average Bonchev–Trinajstić information content (AvgIpc) is 3.50. The molecule has 10 heteroatoms. The summed E-state index contributed by atoms with van der Waals surface area (Å²) in [5.74, 6) is -1.98. The van der Waals surface area contributed by atoms with Crippen molar-refractivity contribution in [1.29, 1.82) is 0 Å². The monoisotopic (exact) mass is 463 g/mol. The molecular weight excluding hydrogens is 440 g/mol. The summed E-state index contributed by atoms with van der Waals surface area (Å²) in [6.07, 6.45) is 0.861. The van der Waals surface area contributed by atoms with Gasteiger partial charge in [-0.15, -0.1) is 0 Å². The van der Waals surface area contributed by atoms with E-state index in [1.165, 1.54) is 4.90 Å². The van der Waals surface area contributed by atoms with Crippen LogP contribution >= 0.6 is 0 Å². The Morgan fingerprint density at radius 3 is 2.34 bits per heavy atom. The van der Waals surface area contributed by atoms with Gasteiger partial charge in [0.1, 0.15) is 16.5 Å². The fourth-order valence-corrected chi connectivity index (χ4v) is 5.26. The van der Waals surface area contributed by atoms with Crippen molar-refractivity contribution in [3.63, 3.8) is 0 Å². The average molecular weight is 464 g/mol. The van der Waals surface area contributed by atoms with Crippen LogP contribution in [0.3, 0.4) is 0 Å². The van der Waals surface area contributed by atoms with Crippen LogP contribution in [-0.4, -0.2) is 55.6 Å². The highest BCUT2D eigenvalue weighted by atomic mass is 32.2. The molecule has 0 radical (unpaired) electrons. The Kier molecular flexibility index (Phi) is 6.00. The van der Waals surface area contributed by atoms with Crippen molar-refractivity contribution in [3.8, 4) is 0 Å². The van der Waals surface area contributed by atoms with Crippen LogP contribution in [0.5, 0.6) is 0 Å². The molecule has 2 aromatic carbocycles. The number of hydrogen-bond acceptors (Lipinski definition) is 4. The van der Waals surface area contributed by atoms with Gasteiger partial charge in [0.2, 0.25) is 15.9 Å². The smallest absolute Gasteiger partial charge is 0.254 e. The third kappa shape index (κ3) is 4.51. The molecule has 1 aliphatic heterocycles. The van der Waals surface area contributed by atoms with Crippen LogP contribution in [0.1, 0.15) is 23.7 Å². The van der Waals surface area contributed by atoms with Crippen molar-refractivity contribution >= 4 is 27.5 Å². The number of nitrogens with zero attached hydrogens (tertiary/aromatic N) is 2. The zero-order valence-electron chi connectivity index (χ0n) is 17.4. The van der Waals surface area contributed by atoms with E-state index >= 15 is 0 Å². The van der Waals surface area contributed by atoms with Crippen LogP contribution < -0.4 is 5.32 Å². The van der Waals surface area contributed by atoms with Gasteiger partial charge in [0.15, 0.2) is 0 Å². The Balaban J connectivity index is 1.40. The highest BCUT2D eigenvalue weighted by Crippen LogP contribution is 2.38. The predicted octanol–water partition coefficient (Wildman–Crippen LogP) is 2.71. The second-order valence-electron chi connectivity index (χ2n) is 8.16. The Morgan fingerprint density at radius 2 is 1.72 bits per heavy atom. The Morgan fingerprint density at radius 1 is 1.03 bits per heavy atom. The molecule has 2 aliphatic rings. The number of amides is 2. The van der Waals surface area contributed by atoms with E-state index in [0.717, 1.165) is 22.9 Å². The minimum Gasteiger partial charge on any atom is -0.336 e. The molecule has 1 aliphatic carbocycles. The minimum atomic E-state index is -4.14. The second kappa shape index (κ2) is 8.59. The van der Waals surface area contributed by atoms with E-state index in [0.29, 0.717) is 23.2 Å². The molecule has 2 atom stereocenters. The summed E-state index contributed by atoms with van der Waals surface area (Å²) in [7, 11) is -4.14. The van der Waals surface area contributed by atoms with Gasteiger partial charge in [-0.3, -0.25) is 9.59 Å². The van der Waals surface area contributed by atoms with E-state index in [1.807, 2.05) is 6.92 Å². The molecule has 2 unspecified atom stereocenters. The third-order valence-electron chi connectivity index (χ3n) is 5.86. The lowest BCUT2D eigenvalue weighted by molar-refractivity contribution is -0.117. The predicted molar refractivity (Wildman–Crippen MR) is 113 cm³/mol. The van der Waals surface area contributed by atoms with Crippen LogP contribution in [0, 0.1) is 23.5 Å². The fourth-order valence-electron chi connectivity index (χ4n) is 3.79. The molecule has 0 spiro atoms. The molecule has 4 rings (SSSR count). The molecule has 1 saturated heterocycles. The Labute approximate surface area is 185 Å². The molecule has 2 aromatic rings. The lowest BCUT2D eigenvalue weighted by Crippen LogP contribution is -2.50. The first kappa shape index (κ1) is 22.3. The van der Waals surface area contributed by atoms with Crippen LogP contribution in [0.15, 0.2) is 47.4 Å². The number of piperazine rings is 1. The van der Waals surface area contributed by atoms with Gasteiger partial charge in [-0.2, -0.15) is 4.31 Å². The van der Waals surface area contributed by atoms with Crippen LogP contribution in [0.2, 0.25) is 0 Å². The standard InChI is InChI=1S/C22H23F2N3O4S/c1-14-11-18(14)21(28)25-17-4-2-3-15(12-17)22(29)26-7-9-27(10-8-26)32(30,31)20-6-5-16(23)13-19(20)24/h2-6,12-14,18H,7-11H2,1H3,(H,25,28). The van der Waals surface area contributed by atoms with Gasteiger partial charge < -0.3 is 10.2 Å². The molecule has 0 bridgehead atoms. The van der Waals surface area contributed by atoms with Crippen LogP contribution in [0.25, 0.3) is 0 Å². The first-order valence-electron chi connectivity index (χ1n) is 10.3. The summed E-state index contributed by atoms with van der Waals surface area (Å²) in [5.41, 5.74) is 0.917. The van der Waals surface area contributed by atoms with Crippen LogP contribution in [0.4, 0.5) is 14.5 Å². The molecule has 1 saturated carbocycles. The lowest BCUT2D eigenvalue weighted by atomic mass is 10.1. The van der Waals surface area contributed by atoms with E-state index in [2.05, 4.69) is 5.32 Å². The van der Waals surface area contributed by atoms with Gasteiger partial charge in [-0.25, -0.2) is 17.2 Å². The van der Waals surface area contributed by atoms with Crippen molar-refractivity contribution in [1.82, 2.24) is 9.21 Å². The minimum absolute atomic E-state index is 0.00956. The number of rotatable bonds is 5. The third-order valence-corrected chi connectivity index (χ3v) is 7.79. The summed E-state index contributed by atoms with van der Waals surface area (Å²) in [5, 5.41) is 2.83. The molecule has 0 aromatic heterocycles. The summed E-state index contributed by atoms with van der Waals surface area (Å²) in [6, 6.07) is 8.95. The highest BCUT2D eigenvalue weighted by Gasteiger charge is 2.39. The number of benzene rings is 2.